The largest absolute Gasteiger partial charge is 0.354 e. The highest BCUT2D eigenvalue weighted by Crippen LogP contribution is 2.32. The molecule has 4 heterocycles. The molecule has 1 saturated heterocycles. The Hall–Kier alpha value is -2.18. The molecule has 2 aromatic rings. The first-order chi connectivity index (χ1) is 15.1. The summed E-state index contributed by atoms with van der Waals surface area (Å²) in [5, 5.41) is 3.41. The first kappa shape index (κ1) is 20.7. The van der Waals surface area contributed by atoms with E-state index in [9.17, 15) is 4.79 Å². The van der Waals surface area contributed by atoms with Crippen molar-refractivity contribution in [3.63, 3.8) is 0 Å². The van der Waals surface area contributed by atoms with Gasteiger partial charge in [0.05, 0.1) is 5.92 Å². The van der Waals surface area contributed by atoms with Gasteiger partial charge in [-0.2, -0.15) is 0 Å². The third-order valence-electron chi connectivity index (χ3n) is 8.00. The molecule has 2 fully saturated rings. The highest BCUT2D eigenvalue weighted by Gasteiger charge is 2.33. The molecule has 4 atom stereocenters. The molecule has 5 rings (SSSR count). The second kappa shape index (κ2) is 8.75. The lowest BCUT2D eigenvalue weighted by Gasteiger charge is -2.37. The van der Waals surface area contributed by atoms with Crippen LogP contribution in [0.5, 0.6) is 0 Å². The molecule has 2 aromatic heterocycles. The Morgan fingerprint density at radius 3 is 2.84 bits per heavy atom. The molecule has 0 radical (unpaired) electrons. The number of carbonyl (C=O) groups is 1. The first-order valence-electron chi connectivity index (χ1n) is 12.4. The Morgan fingerprint density at radius 1 is 1.03 bits per heavy atom. The van der Waals surface area contributed by atoms with Gasteiger partial charge in [-0.25, -0.2) is 15.0 Å². The predicted octanol–water partition coefficient (Wildman–Crippen LogP) is 3.71. The molecular weight excluding hydrogens is 388 g/mol. The maximum absolute atomic E-state index is 13.2. The maximum atomic E-state index is 13.2. The summed E-state index contributed by atoms with van der Waals surface area (Å²) in [6.07, 6.45) is 11.9. The summed E-state index contributed by atoms with van der Waals surface area (Å²) in [5.41, 5.74) is 1.87. The van der Waals surface area contributed by atoms with Crippen LogP contribution < -0.4 is 10.2 Å². The average Bonchev–Trinajstić information content (AvgIpc) is 2.97. The number of hydrogen-bond donors (Lipinski definition) is 1. The molecule has 168 valence electrons. The van der Waals surface area contributed by atoms with Crippen molar-refractivity contribution in [2.45, 2.75) is 84.2 Å². The van der Waals surface area contributed by atoms with Crippen molar-refractivity contribution >= 4 is 22.9 Å². The summed E-state index contributed by atoms with van der Waals surface area (Å²) in [4.78, 5) is 29.6. The lowest BCUT2D eigenvalue weighted by Crippen LogP contribution is -2.49. The number of hydrogen-bond acceptors (Lipinski definition) is 5. The van der Waals surface area contributed by atoms with E-state index < -0.39 is 0 Å². The lowest BCUT2D eigenvalue weighted by atomic mass is 9.78. The molecule has 0 unspecified atom stereocenters. The lowest BCUT2D eigenvalue weighted by molar-refractivity contribution is -0.126. The number of amides is 1. The van der Waals surface area contributed by atoms with Crippen LogP contribution in [0.3, 0.4) is 0 Å². The number of nitrogens with zero attached hydrogens (tertiary/aromatic N) is 5. The van der Waals surface area contributed by atoms with Crippen LogP contribution in [0.25, 0.3) is 11.2 Å². The number of anilines is 1. The molecule has 7 nitrogen and oxygen atoms in total. The van der Waals surface area contributed by atoms with Crippen molar-refractivity contribution in [3.8, 4) is 0 Å². The molecular formula is C24H36N6O. The Balaban J connectivity index is 1.33. The van der Waals surface area contributed by atoms with Crippen molar-refractivity contribution < 1.29 is 4.79 Å². The Labute approximate surface area is 185 Å². The highest BCUT2D eigenvalue weighted by atomic mass is 16.2. The van der Waals surface area contributed by atoms with E-state index in [0.717, 1.165) is 68.1 Å². The van der Waals surface area contributed by atoms with Gasteiger partial charge in [-0.05, 0) is 43.9 Å². The smallest absolute Gasteiger partial charge is 0.225 e. The summed E-state index contributed by atoms with van der Waals surface area (Å²) in [5.74, 6) is 3.53. The summed E-state index contributed by atoms with van der Waals surface area (Å²) >= 11 is 0. The van der Waals surface area contributed by atoms with E-state index in [4.69, 9.17) is 4.98 Å². The SMILES string of the molecule is C[C@@H]1[C@H](C)CCC[C@@H]1NC(=O)[C@@H]1CCCN(c2ncnc3c2nc2n3CCCCC2)C1. The minimum Gasteiger partial charge on any atom is -0.354 e. The predicted molar refractivity (Wildman–Crippen MR) is 122 cm³/mol. The fourth-order valence-electron chi connectivity index (χ4n) is 5.83. The zero-order valence-corrected chi connectivity index (χ0v) is 19.0. The van der Waals surface area contributed by atoms with Crippen LogP contribution in [-0.2, 0) is 17.8 Å². The zero-order valence-electron chi connectivity index (χ0n) is 19.0. The molecule has 1 amide bonds. The van der Waals surface area contributed by atoms with E-state index in [-0.39, 0.29) is 11.8 Å². The number of rotatable bonds is 3. The quantitative estimate of drug-likeness (QED) is 0.813. The fourth-order valence-corrected chi connectivity index (χ4v) is 5.83. The molecule has 2 aliphatic heterocycles. The van der Waals surface area contributed by atoms with Crippen LogP contribution >= 0.6 is 0 Å². The monoisotopic (exact) mass is 424 g/mol. The van der Waals surface area contributed by atoms with Gasteiger partial charge < -0.3 is 14.8 Å². The van der Waals surface area contributed by atoms with Crippen molar-refractivity contribution in [2.24, 2.45) is 17.8 Å². The maximum Gasteiger partial charge on any atom is 0.225 e. The number of piperidine rings is 1. The molecule has 0 spiro atoms. The molecule has 3 aliphatic rings. The Morgan fingerprint density at radius 2 is 1.94 bits per heavy atom. The van der Waals surface area contributed by atoms with Crippen LogP contribution in [0.15, 0.2) is 6.33 Å². The van der Waals surface area contributed by atoms with Gasteiger partial charge in [0.1, 0.15) is 12.2 Å². The second-order valence-electron chi connectivity index (χ2n) is 10.0. The minimum atomic E-state index is 0.0173. The van der Waals surface area contributed by atoms with E-state index in [1.54, 1.807) is 6.33 Å². The number of aromatic nitrogens is 4. The van der Waals surface area contributed by atoms with Crippen LogP contribution in [0, 0.1) is 17.8 Å². The Kier molecular flexibility index (Phi) is 5.85. The third kappa shape index (κ3) is 4.03. The molecule has 7 heteroatoms. The summed E-state index contributed by atoms with van der Waals surface area (Å²) < 4.78 is 2.29. The van der Waals surface area contributed by atoms with E-state index in [0.29, 0.717) is 17.9 Å². The van der Waals surface area contributed by atoms with Crippen molar-refractivity contribution in [3.05, 3.63) is 12.2 Å². The van der Waals surface area contributed by atoms with Gasteiger partial charge in [-0.1, -0.05) is 33.1 Å². The van der Waals surface area contributed by atoms with Crippen molar-refractivity contribution in [1.82, 2.24) is 24.8 Å². The van der Waals surface area contributed by atoms with Gasteiger partial charge >= 0.3 is 0 Å². The molecule has 1 saturated carbocycles. The molecule has 1 N–H and O–H groups in total. The normalized spacial score (nSPS) is 29.4. The Bertz CT molecular complexity index is 940. The van der Waals surface area contributed by atoms with Gasteiger partial charge in [-0.15, -0.1) is 0 Å². The van der Waals surface area contributed by atoms with Crippen LogP contribution in [0.1, 0.15) is 71.0 Å². The van der Waals surface area contributed by atoms with E-state index in [2.05, 4.69) is 38.6 Å². The van der Waals surface area contributed by atoms with E-state index in [1.807, 2.05) is 0 Å². The number of aryl methyl sites for hydroxylation is 2. The average molecular weight is 425 g/mol. The van der Waals surface area contributed by atoms with E-state index >= 15 is 0 Å². The fraction of sp³-hybridized carbons (Fsp3) is 0.750. The van der Waals surface area contributed by atoms with Gasteiger partial charge in [0.25, 0.3) is 0 Å². The van der Waals surface area contributed by atoms with Crippen LogP contribution in [0.4, 0.5) is 5.82 Å². The van der Waals surface area contributed by atoms with Gasteiger partial charge in [0.15, 0.2) is 17.0 Å². The number of carbonyl (C=O) groups excluding carboxylic acids is 1. The van der Waals surface area contributed by atoms with Crippen molar-refractivity contribution in [1.29, 1.82) is 0 Å². The zero-order chi connectivity index (χ0) is 21.4. The summed E-state index contributed by atoms with van der Waals surface area (Å²) in [7, 11) is 0. The first-order valence-corrected chi connectivity index (χ1v) is 12.4. The number of nitrogens with one attached hydrogen (secondary N) is 1. The summed E-state index contributed by atoms with van der Waals surface area (Å²) in [6, 6.07) is 0.321. The number of fused-ring (bicyclic) bond motifs is 3. The summed E-state index contributed by atoms with van der Waals surface area (Å²) in [6.45, 7) is 7.25. The van der Waals surface area contributed by atoms with Gasteiger partial charge in [-0.3, -0.25) is 4.79 Å². The second-order valence-corrected chi connectivity index (χ2v) is 10.0. The van der Waals surface area contributed by atoms with Gasteiger partial charge in [0, 0.05) is 32.1 Å². The topological polar surface area (TPSA) is 75.9 Å². The van der Waals surface area contributed by atoms with Crippen LogP contribution in [-0.4, -0.2) is 44.6 Å². The molecule has 31 heavy (non-hydrogen) atoms. The molecule has 0 bridgehead atoms. The molecule has 1 aliphatic carbocycles. The minimum absolute atomic E-state index is 0.0173. The standard InChI is InChI=1S/C24H36N6O/c1-16-8-6-10-19(17(16)2)27-24(31)18-9-7-12-29(14-18)22-21-23(26-15-25-22)30-13-5-3-4-11-20(30)28-21/h15-19H,3-14H2,1-2H3,(H,27,31)/t16-,17-,18-,19+/m1/s1. The highest BCUT2D eigenvalue weighted by molar-refractivity contribution is 5.85. The van der Waals surface area contributed by atoms with E-state index in [1.165, 1.54) is 32.1 Å². The third-order valence-corrected chi connectivity index (χ3v) is 8.00. The van der Waals surface area contributed by atoms with Gasteiger partial charge in [0.2, 0.25) is 5.91 Å². The van der Waals surface area contributed by atoms with Crippen LogP contribution in [0.2, 0.25) is 0 Å². The van der Waals surface area contributed by atoms with Crippen molar-refractivity contribution in [2.75, 3.05) is 18.0 Å². The molecule has 0 aromatic carbocycles. The number of imidazole rings is 1.